The van der Waals surface area contributed by atoms with Crippen molar-refractivity contribution in [3.63, 3.8) is 0 Å². The van der Waals surface area contributed by atoms with Crippen LogP contribution in [0.25, 0.3) is 0 Å². The van der Waals surface area contributed by atoms with Crippen molar-refractivity contribution in [3.05, 3.63) is 53.5 Å². The summed E-state index contributed by atoms with van der Waals surface area (Å²) >= 11 is 0. The van der Waals surface area contributed by atoms with Crippen molar-refractivity contribution in [1.29, 1.82) is 0 Å². The Morgan fingerprint density at radius 1 is 1.11 bits per heavy atom. The van der Waals surface area contributed by atoms with Crippen molar-refractivity contribution in [2.75, 3.05) is 13.7 Å². The van der Waals surface area contributed by atoms with E-state index in [1.165, 1.54) is 5.56 Å². The zero-order valence-corrected chi connectivity index (χ0v) is 11.6. The van der Waals surface area contributed by atoms with Crippen LogP contribution in [-0.4, -0.2) is 13.7 Å². The van der Waals surface area contributed by atoms with Gasteiger partial charge in [-0.05, 0) is 56.1 Å². The predicted molar refractivity (Wildman–Crippen MR) is 76.5 cm³/mol. The Morgan fingerprint density at radius 2 is 1.89 bits per heavy atom. The van der Waals surface area contributed by atoms with Gasteiger partial charge in [0.05, 0.1) is 13.7 Å². The number of hydrogen-bond donors (Lipinski definition) is 1. The zero-order chi connectivity index (χ0) is 13.5. The third-order valence-electron chi connectivity index (χ3n) is 3.07. The van der Waals surface area contributed by atoms with Gasteiger partial charge in [-0.3, -0.25) is 0 Å². The zero-order valence-electron chi connectivity index (χ0n) is 11.6. The molecule has 2 rings (SSSR count). The lowest BCUT2D eigenvalue weighted by Gasteiger charge is -2.04. The van der Waals surface area contributed by atoms with Gasteiger partial charge in [0, 0.05) is 0 Å². The Morgan fingerprint density at radius 3 is 2.53 bits per heavy atom. The molecule has 0 saturated heterocycles. The van der Waals surface area contributed by atoms with Gasteiger partial charge in [-0.15, -0.1) is 0 Å². The molecule has 0 unspecified atom stereocenters. The van der Waals surface area contributed by atoms with Gasteiger partial charge in [-0.2, -0.15) is 0 Å². The molecule has 1 heterocycles. The minimum absolute atomic E-state index is 0.802. The standard InChI is InChI=1S/C16H21NO2/c1-13-5-8-16(19-13)12-17-11-3-4-14-6-9-15(18-2)10-7-14/h5-10,17H,3-4,11-12H2,1-2H3. The van der Waals surface area contributed by atoms with E-state index < -0.39 is 0 Å². The summed E-state index contributed by atoms with van der Waals surface area (Å²) in [6, 6.07) is 12.3. The maximum atomic E-state index is 5.50. The molecule has 2 aromatic rings. The van der Waals surface area contributed by atoms with Crippen molar-refractivity contribution in [2.45, 2.75) is 26.3 Å². The van der Waals surface area contributed by atoms with Gasteiger partial charge < -0.3 is 14.5 Å². The van der Waals surface area contributed by atoms with Crippen LogP contribution in [0.1, 0.15) is 23.5 Å². The monoisotopic (exact) mass is 259 g/mol. The lowest BCUT2D eigenvalue weighted by Crippen LogP contribution is -2.14. The second kappa shape index (κ2) is 7.00. The van der Waals surface area contributed by atoms with Crippen LogP contribution in [0.3, 0.4) is 0 Å². The Labute approximate surface area is 114 Å². The smallest absolute Gasteiger partial charge is 0.118 e. The van der Waals surface area contributed by atoms with Gasteiger partial charge in [0.15, 0.2) is 0 Å². The van der Waals surface area contributed by atoms with Crippen LogP contribution < -0.4 is 10.1 Å². The molecule has 1 N–H and O–H groups in total. The highest BCUT2D eigenvalue weighted by atomic mass is 16.5. The molecular formula is C16H21NO2. The van der Waals surface area contributed by atoms with Crippen LogP contribution in [0.5, 0.6) is 5.75 Å². The third-order valence-corrected chi connectivity index (χ3v) is 3.07. The molecule has 0 aliphatic carbocycles. The van der Waals surface area contributed by atoms with E-state index in [9.17, 15) is 0 Å². The van der Waals surface area contributed by atoms with Crippen LogP contribution in [0.2, 0.25) is 0 Å². The lowest BCUT2D eigenvalue weighted by atomic mass is 10.1. The van der Waals surface area contributed by atoms with Gasteiger partial charge in [0.25, 0.3) is 0 Å². The van der Waals surface area contributed by atoms with E-state index >= 15 is 0 Å². The normalized spacial score (nSPS) is 10.6. The molecule has 0 atom stereocenters. The highest BCUT2D eigenvalue weighted by Crippen LogP contribution is 2.12. The van der Waals surface area contributed by atoms with Gasteiger partial charge in [0.1, 0.15) is 17.3 Å². The average Bonchev–Trinajstić information content (AvgIpc) is 2.85. The fourth-order valence-corrected chi connectivity index (χ4v) is 2.00. The Balaban J connectivity index is 1.63. The van der Waals surface area contributed by atoms with Gasteiger partial charge >= 0.3 is 0 Å². The molecule has 19 heavy (non-hydrogen) atoms. The maximum absolute atomic E-state index is 5.50. The Kier molecular flexibility index (Phi) is 5.04. The largest absolute Gasteiger partial charge is 0.497 e. The number of ether oxygens (including phenoxy) is 1. The average molecular weight is 259 g/mol. The first-order valence-corrected chi connectivity index (χ1v) is 6.67. The van der Waals surface area contributed by atoms with Crippen molar-refractivity contribution in [2.24, 2.45) is 0 Å². The number of nitrogens with one attached hydrogen (secondary N) is 1. The molecular weight excluding hydrogens is 238 g/mol. The van der Waals surface area contributed by atoms with Crippen LogP contribution in [-0.2, 0) is 13.0 Å². The van der Waals surface area contributed by atoms with Crippen molar-refractivity contribution < 1.29 is 9.15 Å². The Bertz CT molecular complexity index is 488. The molecule has 0 aliphatic heterocycles. The lowest BCUT2D eigenvalue weighted by molar-refractivity contribution is 0.414. The molecule has 0 radical (unpaired) electrons. The maximum Gasteiger partial charge on any atom is 0.118 e. The number of hydrogen-bond acceptors (Lipinski definition) is 3. The molecule has 0 aliphatic rings. The number of rotatable bonds is 7. The summed E-state index contributed by atoms with van der Waals surface area (Å²) in [5, 5.41) is 3.39. The van der Waals surface area contributed by atoms with E-state index in [0.29, 0.717) is 0 Å². The van der Waals surface area contributed by atoms with E-state index in [2.05, 4.69) is 17.4 Å². The number of benzene rings is 1. The SMILES string of the molecule is COc1ccc(CCCNCc2ccc(C)o2)cc1. The number of methoxy groups -OCH3 is 1. The van der Waals surface area contributed by atoms with Crippen LogP contribution >= 0.6 is 0 Å². The van der Waals surface area contributed by atoms with Crippen molar-refractivity contribution in [1.82, 2.24) is 5.32 Å². The summed E-state index contributed by atoms with van der Waals surface area (Å²) in [5.74, 6) is 2.88. The molecule has 3 heteroatoms. The molecule has 0 amide bonds. The number of aryl methyl sites for hydroxylation is 2. The van der Waals surface area contributed by atoms with Crippen LogP contribution in [0.4, 0.5) is 0 Å². The van der Waals surface area contributed by atoms with Crippen LogP contribution in [0, 0.1) is 6.92 Å². The minimum atomic E-state index is 0.802. The van der Waals surface area contributed by atoms with E-state index in [1.54, 1.807) is 7.11 Å². The molecule has 0 fully saturated rings. The van der Waals surface area contributed by atoms with E-state index in [4.69, 9.17) is 9.15 Å². The van der Waals surface area contributed by atoms with E-state index in [0.717, 1.165) is 43.2 Å². The summed E-state index contributed by atoms with van der Waals surface area (Å²) in [5.41, 5.74) is 1.34. The summed E-state index contributed by atoms with van der Waals surface area (Å²) in [7, 11) is 1.69. The first-order valence-electron chi connectivity index (χ1n) is 6.67. The van der Waals surface area contributed by atoms with Gasteiger partial charge in [-0.1, -0.05) is 12.1 Å². The summed E-state index contributed by atoms with van der Waals surface area (Å²) in [6.45, 7) is 3.76. The highest BCUT2D eigenvalue weighted by molar-refractivity contribution is 5.27. The molecule has 0 bridgehead atoms. The fourth-order valence-electron chi connectivity index (χ4n) is 2.00. The molecule has 3 nitrogen and oxygen atoms in total. The highest BCUT2D eigenvalue weighted by Gasteiger charge is 1.98. The summed E-state index contributed by atoms with van der Waals surface area (Å²) < 4.78 is 10.6. The first kappa shape index (κ1) is 13.7. The minimum Gasteiger partial charge on any atom is -0.497 e. The predicted octanol–water partition coefficient (Wildman–Crippen LogP) is 3.32. The molecule has 0 spiro atoms. The molecule has 0 saturated carbocycles. The van der Waals surface area contributed by atoms with Gasteiger partial charge in [0.2, 0.25) is 0 Å². The van der Waals surface area contributed by atoms with E-state index in [-0.39, 0.29) is 0 Å². The summed E-state index contributed by atoms with van der Waals surface area (Å²) in [4.78, 5) is 0. The summed E-state index contributed by atoms with van der Waals surface area (Å²) in [6.07, 6.45) is 2.19. The fraction of sp³-hybridized carbons (Fsp3) is 0.375. The first-order chi connectivity index (χ1) is 9.28. The second-order valence-corrected chi connectivity index (χ2v) is 4.64. The van der Waals surface area contributed by atoms with E-state index in [1.807, 2.05) is 31.2 Å². The number of furan rings is 1. The molecule has 1 aromatic heterocycles. The quantitative estimate of drug-likeness (QED) is 0.775. The van der Waals surface area contributed by atoms with Crippen molar-refractivity contribution in [3.8, 4) is 5.75 Å². The Hall–Kier alpha value is -1.74. The second-order valence-electron chi connectivity index (χ2n) is 4.64. The third kappa shape index (κ3) is 4.45. The van der Waals surface area contributed by atoms with Crippen molar-refractivity contribution >= 4 is 0 Å². The van der Waals surface area contributed by atoms with Gasteiger partial charge in [-0.25, -0.2) is 0 Å². The molecule has 1 aromatic carbocycles. The topological polar surface area (TPSA) is 34.4 Å². The van der Waals surface area contributed by atoms with Crippen LogP contribution in [0.15, 0.2) is 40.8 Å². The molecule has 102 valence electrons.